The van der Waals surface area contributed by atoms with Crippen molar-refractivity contribution >= 4 is 17.8 Å². The number of carboxylic acids is 1. The van der Waals surface area contributed by atoms with Gasteiger partial charge in [0.25, 0.3) is 0 Å². The fraction of sp³-hybridized carbons (Fsp3) is 0.591. The third-order valence-corrected chi connectivity index (χ3v) is 4.26. The van der Waals surface area contributed by atoms with Gasteiger partial charge in [-0.25, -0.2) is 4.79 Å². The molecule has 0 aliphatic carbocycles. The van der Waals surface area contributed by atoms with Gasteiger partial charge in [0, 0.05) is 19.4 Å². The summed E-state index contributed by atoms with van der Waals surface area (Å²) in [6.07, 6.45) is 0.258. The molecule has 1 unspecified atom stereocenters. The molecular weight excluding hydrogens is 450 g/mol. The highest BCUT2D eigenvalue weighted by atomic mass is 16.6. The Morgan fingerprint density at radius 2 is 1.38 bits per heavy atom. The Kier molecular flexibility index (Phi) is 16.0. The average Bonchev–Trinajstić information content (AvgIpc) is 2.81. The second-order valence-corrected chi connectivity index (χ2v) is 7.04. The van der Waals surface area contributed by atoms with Crippen LogP contribution in [0.2, 0.25) is 0 Å². The van der Waals surface area contributed by atoms with Crippen molar-refractivity contribution in [2.24, 2.45) is 11.5 Å². The molecule has 0 aliphatic rings. The number of amides is 2. The largest absolute Gasteiger partial charge is 0.482 e. The summed E-state index contributed by atoms with van der Waals surface area (Å²) >= 11 is 0. The van der Waals surface area contributed by atoms with Gasteiger partial charge in [0.05, 0.1) is 52.9 Å². The normalized spacial score (nSPS) is 11.7. The number of carbonyl (C=O) groups excluding carboxylic acids is 2. The highest BCUT2D eigenvalue weighted by molar-refractivity contribution is 5.86. The molecule has 192 valence electrons. The van der Waals surface area contributed by atoms with E-state index in [9.17, 15) is 14.4 Å². The molecule has 0 saturated carbocycles. The van der Waals surface area contributed by atoms with Crippen LogP contribution in [-0.4, -0.2) is 94.9 Å². The van der Waals surface area contributed by atoms with E-state index in [1.807, 2.05) is 0 Å². The van der Waals surface area contributed by atoms with Crippen LogP contribution < -0.4 is 21.5 Å². The summed E-state index contributed by atoms with van der Waals surface area (Å²) in [5.74, 6) is -1.73. The monoisotopic (exact) mass is 485 g/mol. The van der Waals surface area contributed by atoms with Crippen molar-refractivity contribution in [3.8, 4) is 5.75 Å². The van der Waals surface area contributed by atoms with Gasteiger partial charge in [-0.1, -0.05) is 12.1 Å². The number of carboxylic acid groups (broad SMARTS) is 1. The molecule has 6 N–H and O–H groups in total. The zero-order valence-electron chi connectivity index (χ0n) is 19.2. The van der Waals surface area contributed by atoms with Crippen LogP contribution in [0.5, 0.6) is 5.75 Å². The summed E-state index contributed by atoms with van der Waals surface area (Å²) in [5, 5.41) is 11.2. The van der Waals surface area contributed by atoms with Crippen LogP contribution in [0.3, 0.4) is 0 Å². The molecule has 34 heavy (non-hydrogen) atoms. The predicted octanol–water partition coefficient (Wildman–Crippen LogP) is -0.922. The Balaban J connectivity index is 2.15. The highest BCUT2D eigenvalue weighted by Crippen LogP contribution is 2.13. The van der Waals surface area contributed by atoms with Gasteiger partial charge in [0.2, 0.25) is 11.8 Å². The summed E-state index contributed by atoms with van der Waals surface area (Å²) in [5.41, 5.74) is 11.4. The van der Waals surface area contributed by atoms with Crippen LogP contribution in [0.15, 0.2) is 24.3 Å². The zero-order chi connectivity index (χ0) is 25.0. The minimum absolute atomic E-state index is 0.0671. The van der Waals surface area contributed by atoms with Crippen LogP contribution in [0.25, 0.3) is 0 Å². The molecule has 0 fully saturated rings. The molecule has 1 atom stereocenters. The van der Waals surface area contributed by atoms with Crippen LogP contribution in [0, 0.1) is 0 Å². The van der Waals surface area contributed by atoms with Crippen LogP contribution in [-0.2, 0) is 39.8 Å². The fourth-order valence-corrected chi connectivity index (χ4v) is 2.60. The van der Waals surface area contributed by atoms with Gasteiger partial charge in [0.15, 0.2) is 6.61 Å². The van der Waals surface area contributed by atoms with E-state index in [1.165, 1.54) is 0 Å². The van der Waals surface area contributed by atoms with Gasteiger partial charge in [-0.15, -0.1) is 0 Å². The molecule has 0 aromatic heterocycles. The molecule has 0 bridgehead atoms. The molecular formula is C22H35N3O9. The Morgan fingerprint density at radius 3 is 1.88 bits per heavy atom. The van der Waals surface area contributed by atoms with Crippen LogP contribution >= 0.6 is 0 Å². The number of carbonyl (C=O) groups is 3. The Labute approximate surface area is 198 Å². The molecule has 1 aromatic carbocycles. The summed E-state index contributed by atoms with van der Waals surface area (Å²) in [7, 11) is 0. The van der Waals surface area contributed by atoms with Crippen molar-refractivity contribution in [3.05, 3.63) is 29.8 Å². The minimum atomic E-state index is -1.08. The Hall–Kier alpha value is -2.77. The van der Waals surface area contributed by atoms with E-state index in [4.69, 9.17) is 40.3 Å². The number of primary amides is 1. The summed E-state index contributed by atoms with van der Waals surface area (Å²) in [6.45, 7) is 3.25. The topological polar surface area (TPSA) is 182 Å². The first-order valence-electron chi connectivity index (χ1n) is 11.0. The maximum absolute atomic E-state index is 12.1. The van der Waals surface area contributed by atoms with E-state index in [0.29, 0.717) is 58.5 Å². The van der Waals surface area contributed by atoms with Gasteiger partial charge < -0.3 is 45.6 Å². The summed E-state index contributed by atoms with van der Waals surface area (Å²) in [6, 6.07) is 5.62. The summed E-state index contributed by atoms with van der Waals surface area (Å²) < 4.78 is 26.3. The second-order valence-electron chi connectivity index (χ2n) is 7.04. The second kappa shape index (κ2) is 18.6. The first-order valence-corrected chi connectivity index (χ1v) is 11.0. The number of benzene rings is 1. The van der Waals surface area contributed by atoms with Crippen molar-refractivity contribution in [1.29, 1.82) is 0 Å². The molecule has 12 heteroatoms. The number of hydrogen-bond donors (Lipinski definition) is 4. The van der Waals surface area contributed by atoms with Crippen molar-refractivity contribution in [2.75, 3.05) is 66.0 Å². The molecule has 0 aliphatic heterocycles. The lowest BCUT2D eigenvalue weighted by Gasteiger charge is -2.16. The van der Waals surface area contributed by atoms with Gasteiger partial charge in [-0.3, -0.25) is 9.59 Å². The predicted molar refractivity (Wildman–Crippen MR) is 121 cm³/mol. The number of rotatable bonds is 21. The quantitative estimate of drug-likeness (QED) is 0.159. The zero-order valence-corrected chi connectivity index (χ0v) is 19.2. The molecule has 1 rings (SSSR count). The number of ether oxygens (including phenoxy) is 5. The molecule has 0 spiro atoms. The van der Waals surface area contributed by atoms with E-state index in [-0.39, 0.29) is 25.4 Å². The average molecular weight is 486 g/mol. The lowest BCUT2D eigenvalue weighted by molar-refractivity contribution is -0.139. The molecule has 0 heterocycles. The van der Waals surface area contributed by atoms with E-state index in [0.717, 1.165) is 5.56 Å². The Bertz CT molecular complexity index is 716. The van der Waals surface area contributed by atoms with E-state index >= 15 is 0 Å². The van der Waals surface area contributed by atoms with E-state index < -0.39 is 24.5 Å². The molecule has 1 aromatic rings. The smallest absolute Gasteiger partial charge is 0.341 e. The third kappa shape index (κ3) is 15.1. The maximum Gasteiger partial charge on any atom is 0.341 e. The van der Waals surface area contributed by atoms with Crippen molar-refractivity contribution in [2.45, 2.75) is 18.9 Å². The van der Waals surface area contributed by atoms with E-state index in [2.05, 4.69) is 5.32 Å². The van der Waals surface area contributed by atoms with Gasteiger partial charge in [-0.05, 0) is 17.7 Å². The molecule has 2 amide bonds. The SMILES string of the molecule is NCCOCCOCCOCCOCCC(=O)NC(Cc1ccc(OCC(=O)O)cc1)C(N)=O. The maximum atomic E-state index is 12.1. The number of nitrogens with two attached hydrogens (primary N) is 2. The van der Waals surface area contributed by atoms with Gasteiger partial charge in [-0.2, -0.15) is 0 Å². The van der Waals surface area contributed by atoms with Crippen molar-refractivity contribution in [3.63, 3.8) is 0 Å². The van der Waals surface area contributed by atoms with Crippen molar-refractivity contribution in [1.82, 2.24) is 5.32 Å². The first kappa shape index (κ1) is 29.3. The van der Waals surface area contributed by atoms with E-state index in [1.54, 1.807) is 24.3 Å². The Morgan fingerprint density at radius 1 is 0.853 bits per heavy atom. The first-order chi connectivity index (χ1) is 16.4. The van der Waals surface area contributed by atoms with Crippen LogP contribution in [0.4, 0.5) is 0 Å². The van der Waals surface area contributed by atoms with Gasteiger partial charge >= 0.3 is 5.97 Å². The third-order valence-electron chi connectivity index (χ3n) is 4.26. The number of nitrogens with one attached hydrogen (secondary N) is 1. The highest BCUT2D eigenvalue weighted by Gasteiger charge is 2.18. The number of hydrogen-bond acceptors (Lipinski definition) is 9. The minimum Gasteiger partial charge on any atom is -0.482 e. The lowest BCUT2D eigenvalue weighted by Crippen LogP contribution is -2.46. The number of aliphatic carboxylic acids is 1. The summed E-state index contributed by atoms with van der Waals surface area (Å²) in [4.78, 5) is 34.4. The van der Waals surface area contributed by atoms with Crippen LogP contribution in [0.1, 0.15) is 12.0 Å². The molecule has 0 saturated heterocycles. The standard InChI is InChI=1S/C22H35N3O9/c23-6-8-31-10-12-33-14-13-32-11-9-30-7-5-20(26)25-19(22(24)29)15-17-1-3-18(4-2-17)34-16-21(27)28/h1-4,19H,5-16,23H2,(H2,24,29)(H,25,26)(H,27,28). The molecule has 12 nitrogen and oxygen atoms in total. The fourth-order valence-electron chi connectivity index (χ4n) is 2.60. The van der Waals surface area contributed by atoms with Gasteiger partial charge in [0.1, 0.15) is 11.8 Å². The van der Waals surface area contributed by atoms with Crippen molar-refractivity contribution < 1.29 is 43.2 Å². The molecule has 0 radical (unpaired) electrons. The lowest BCUT2D eigenvalue weighted by atomic mass is 10.1.